The van der Waals surface area contributed by atoms with Crippen molar-refractivity contribution in [1.29, 1.82) is 0 Å². The van der Waals surface area contributed by atoms with Crippen molar-refractivity contribution in [2.24, 2.45) is 5.92 Å². The summed E-state index contributed by atoms with van der Waals surface area (Å²) in [5.74, 6) is 0.727. The van der Waals surface area contributed by atoms with E-state index < -0.39 is 0 Å². The molecule has 1 atom stereocenters. The van der Waals surface area contributed by atoms with Gasteiger partial charge in [0, 0.05) is 5.92 Å². The minimum Gasteiger partial charge on any atom is -0.264 e. The van der Waals surface area contributed by atoms with Gasteiger partial charge in [0.15, 0.2) is 0 Å². The predicted octanol–water partition coefficient (Wildman–Crippen LogP) is 2.34. The first-order chi connectivity index (χ1) is 4.36. The molecule has 0 saturated carbocycles. The smallest absolute Gasteiger partial charge is 0.0934 e. The van der Waals surface area contributed by atoms with Gasteiger partial charge >= 0.3 is 0 Å². The molecule has 0 saturated heterocycles. The second-order valence-corrected chi connectivity index (χ2v) is 4.80. The van der Waals surface area contributed by atoms with Crippen LogP contribution in [0.4, 0.5) is 0 Å². The largest absolute Gasteiger partial charge is 0.264 e. The van der Waals surface area contributed by atoms with E-state index in [1.807, 2.05) is 0 Å². The van der Waals surface area contributed by atoms with Gasteiger partial charge in [0.25, 0.3) is 0 Å². The normalized spacial score (nSPS) is 18.0. The Hall–Kier alpha value is 0.310. The molecule has 1 nitrogen and oxygen atoms in total. The van der Waals surface area contributed by atoms with Crippen LogP contribution in [0.3, 0.4) is 0 Å². The van der Waals surface area contributed by atoms with Gasteiger partial charge in [0.2, 0.25) is 0 Å². The lowest BCUT2D eigenvalue weighted by Crippen LogP contribution is -2.43. The highest BCUT2D eigenvalue weighted by Crippen LogP contribution is 2.16. The van der Waals surface area contributed by atoms with Crippen LogP contribution in [0.2, 0.25) is 0 Å². The third kappa shape index (κ3) is 3.47. The fourth-order valence-electron chi connectivity index (χ4n) is 0.950. The molecule has 0 rings (SSSR count). The molecular formula is C8H20NS+. The van der Waals surface area contributed by atoms with Gasteiger partial charge in [-0.25, -0.2) is 0 Å². The van der Waals surface area contributed by atoms with Gasteiger partial charge in [-0.1, -0.05) is 13.8 Å². The summed E-state index contributed by atoms with van der Waals surface area (Å²) in [7, 11) is 2.16. The van der Waals surface area contributed by atoms with Crippen LogP contribution in [0.1, 0.15) is 27.7 Å². The number of hydrogen-bond donors (Lipinski definition) is 1. The van der Waals surface area contributed by atoms with Crippen molar-refractivity contribution >= 4 is 12.8 Å². The first-order valence-electron chi connectivity index (χ1n) is 3.94. The number of thiol groups is 1. The molecule has 1 unspecified atom stereocenters. The van der Waals surface area contributed by atoms with Crippen LogP contribution in [-0.2, 0) is 0 Å². The zero-order chi connectivity index (χ0) is 8.36. The van der Waals surface area contributed by atoms with Crippen molar-refractivity contribution in [3.63, 3.8) is 0 Å². The zero-order valence-corrected chi connectivity index (χ0v) is 8.65. The molecule has 0 fully saturated rings. The van der Waals surface area contributed by atoms with E-state index >= 15 is 0 Å². The maximum absolute atomic E-state index is 4.56. The molecule has 0 bridgehead atoms. The molecule has 0 aromatic carbocycles. The lowest BCUT2D eigenvalue weighted by molar-refractivity contribution is -0.797. The Morgan fingerprint density at radius 1 is 1.20 bits per heavy atom. The molecule has 2 heteroatoms. The minimum atomic E-state index is 0.603. The van der Waals surface area contributed by atoms with E-state index in [4.69, 9.17) is 0 Å². The van der Waals surface area contributed by atoms with Gasteiger partial charge in [0.05, 0.1) is 32.4 Å². The van der Waals surface area contributed by atoms with E-state index in [1.54, 1.807) is 0 Å². The Morgan fingerprint density at radius 2 is 1.60 bits per heavy atom. The highest BCUT2D eigenvalue weighted by molar-refractivity contribution is 7.74. The van der Waals surface area contributed by atoms with Gasteiger partial charge in [-0.15, -0.1) is 0 Å². The highest BCUT2D eigenvalue weighted by atomic mass is 32.1. The van der Waals surface area contributed by atoms with Gasteiger partial charge < -0.3 is 0 Å². The Balaban J connectivity index is 3.87. The van der Waals surface area contributed by atoms with E-state index in [-0.39, 0.29) is 0 Å². The second kappa shape index (κ2) is 3.63. The van der Waals surface area contributed by atoms with Crippen LogP contribution in [0.25, 0.3) is 0 Å². The molecule has 0 radical (unpaired) electrons. The zero-order valence-electron chi connectivity index (χ0n) is 7.76. The fourth-order valence-corrected chi connectivity index (χ4v) is 1.28. The monoisotopic (exact) mass is 162 g/mol. The summed E-state index contributed by atoms with van der Waals surface area (Å²) in [6.45, 7) is 10.0. The summed E-state index contributed by atoms with van der Waals surface area (Å²) in [5.41, 5.74) is 0. The summed E-state index contributed by atoms with van der Waals surface area (Å²) < 4.78 is 0.831. The van der Waals surface area contributed by atoms with Crippen molar-refractivity contribution in [1.82, 2.24) is 0 Å². The summed E-state index contributed by atoms with van der Waals surface area (Å²) in [5, 5.41) is 0. The molecule has 0 heterocycles. The maximum atomic E-state index is 4.56. The van der Waals surface area contributed by atoms with Crippen molar-refractivity contribution < 1.29 is 3.89 Å². The van der Waals surface area contributed by atoms with E-state index in [9.17, 15) is 0 Å². The lowest BCUT2D eigenvalue weighted by atomic mass is 10.2. The van der Waals surface area contributed by atoms with Crippen LogP contribution in [0.15, 0.2) is 0 Å². The SMILES string of the molecule is CC(C)C[N+](C)(S)C(C)C. The number of hydrogen-bond acceptors (Lipinski definition) is 1. The average molecular weight is 162 g/mol. The quantitative estimate of drug-likeness (QED) is 0.478. The average Bonchev–Trinajstić information content (AvgIpc) is 1.60. The topological polar surface area (TPSA) is 0 Å². The van der Waals surface area contributed by atoms with Crippen molar-refractivity contribution in [2.45, 2.75) is 33.7 Å². The molecule has 0 aliphatic heterocycles. The van der Waals surface area contributed by atoms with Crippen LogP contribution in [-0.4, -0.2) is 23.5 Å². The van der Waals surface area contributed by atoms with E-state index in [0.29, 0.717) is 6.04 Å². The fraction of sp³-hybridized carbons (Fsp3) is 1.00. The summed E-state index contributed by atoms with van der Waals surface area (Å²) in [4.78, 5) is 0. The molecular weight excluding hydrogens is 142 g/mol. The lowest BCUT2D eigenvalue weighted by Gasteiger charge is -2.32. The molecule has 0 aliphatic rings. The summed E-state index contributed by atoms with van der Waals surface area (Å²) in [6.07, 6.45) is 0. The first kappa shape index (κ1) is 10.3. The molecule has 0 spiro atoms. The molecule has 10 heavy (non-hydrogen) atoms. The van der Waals surface area contributed by atoms with Gasteiger partial charge in [0.1, 0.15) is 0 Å². The molecule has 0 aliphatic carbocycles. The Morgan fingerprint density at radius 3 is 1.70 bits per heavy atom. The van der Waals surface area contributed by atoms with Crippen LogP contribution in [0, 0.1) is 5.92 Å². The standard InChI is InChI=1S/C8H20NS/c1-7(2)6-9(5,10)8(3)4/h7-8,10H,6H2,1-5H3/q+1. The van der Waals surface area contributed by atoms with E-state index in [0.717, 1.165) is 16.4 Å². The molecule has 0 aromatic heterocycles. The Labute approximate surface area is 70.6 Å². The highest BCUT2D eigenvalue weighted by Gasteiger charge is 2.22. The molecule has 0 aromatic rings. The maximum Gasteiger partial charge on any atom is 0.0934 e. The summed E-state index contributed by atoms with van der Waals surface area (Å²) in [6, 6.07) is 0.603. The number of nitrogens with zero attached hydrogens (tertiary/aromatic N) is 1. The van der Waals surface area contributed by atoms with Gasteiger partial charge in [-0.2, -0.15) is 0 Å². The predicted molar refractivity (Wildman–Crippen MR) is 50.0 cm³/mol. The van der Waals surface area contributed by atoms with E-state index in [1.165, 1.54) is 0 Å². The van der Waals surface area contributed by atoms with E-state index in [2.05, 4.69) is 47.6 Å². The second-order valence-electron chi connectivity index (χ2n) is 3.88. The van der Waals surface area contributed by atoms with Gasteiger partial charge in [-0.05, 0) is 13.8 Å². The van der Waals surface area contributed by atoms with Crippen LogP contribution < -0.4 is 0 Å². The minimum absolute atomic E-state index is 0.603. The Kier molecular flexibility index (Phi) is 3.74. The molecule has 0 amide bonds. The third-order valence-corrected chi connectivity index (χ3v) is 2.47. The van der Waals surface area contributed by atoms with Crippen molar-refractivity contribution in [3.05, 3.63) is 0 Å². The van der Waals surface area contributed by atoms with Crippen LogP contribution >= 0.6 is 12.8 Å². The summed E-state index contributed by atoms with van der Waals surface area (Å²) >= 11 is 4.56. The van der Waals surface area contributed by atoms with Gasteiger partial charge in [-0.3, -0.25) is 3.89 Å². The first-order valence-corrected chi connectivity index (χ1v) is 4.34. The molecule has 62 valence electrons. The third-order valence-electron chi connectivity index (χ3n) is 1.85. The number of rotatable bonds is 3. The Bertz CT molecular complexity index is 97.4. The van der Waals surface area contributed by atoms with Crippen molar-refractivity contribution in [2.75, 3.05) is 13.6 Å². The van der Waals surface area contributed by atoms with Crippen molar-refractivity contribution in [3.8, 4) is 0 Å². The molecule has 0 N–H and O–H groups in total. The van der Waals surface area contributed by atoms with Crippen LogP contribution in [0.5, 0.6) is 0 Å². The number of quaternary nitrogens is 1.